The standard InChI is InChI=1S/C8H13NO2/c1-3-4-5-9-7(2)6-8(10)11/h1,7,9H,4-6H2,2H3,(H,10,11). The van der Waals surface area contributed by atoms with Crippen LogP contribution < -0.4 is 5.32 Å². The first-order chi connectivity index (χ1) is 5.16. The van der Waals surface area contributed by atoms with Crippen LogP contribution in [0.15, 0.2) is 0 Å². The predicted molar refractivity (Wildman–Crippen MR) is 43.2 cm³/mol. The van der Waals surface area contributed by atoms with E-state index in [1.807, 2.05) is 6.92 Å². The number of nitrogens with one attached hydrogen (secondary N) is 1. The van der Waals surface area contributed by atoms with Crippen LogP contribution in [0.2, 0.25) is 0 Å². The molecule has 0 aliphatic carbocycles. The lowest BCUT2D eigenvalue weighted by atomic mass is 10.2. The lowest BCUT2D eigenvalue weighted by Gasteiger charge is -2.08. The van der Waals surface area contributed by atoms with Crippen molar-refractivity contribution < 1.29 is 9.90 Å². The Morgan fingerprint density at radius 2 is 2.45 bits per heavy atom. The van der Waals surface area contributed by atoms with Crippen molar-refractivity contribution >= 4 is 5.97 Å². The molecule has 0 heterocycles. The summed E-state index contributed by atoms with van der Waals surface area (Å²) in [6.07, 6.45) is 5.80. The number of carboxylic acid groups (broad SMARTS) is 1. The van der Waals surface area contributed by atoms with Crippen molar-refractivity contribution in [3.63, 3.8) is 0 Å². The molecule has 0 spiro atoms. The highest BCUT2D eigenvalue weighted by Gasteiger charge is 2.04. The second-order valence-electron chi connectivity index (χ2n) is 2.41. The molecule has 3 nitrogen and oxygen atoms in total. The molecule has 1 unspecified atom stereocenters. The molecule has 3 heteroatoms. The van der Waals surface area contributed by atoms with E-state index in [1.54, 1.807) is 0 Å². The van der Waals surface area contributed by atoms with E-state index in [9.17, 15) is 4.79 Å². The molecular weight excluding hydrogens is 142 g/mol. The van der Waals surface area contributed by atoms with Crippen LogP contribution in [0.25, 0.3) is 0 Å². The summed E-state index contributed by atoms with van der Waals surface area (Å²) < 4.78 is 0. The van der Waals surface area contributed by atoms with Crippen molar-refractivity contribution in [3.8, 4) is 12.3 Å². The summed E-state index contributed by atoms with van der Waals surface area (Å²) in [5.74, 6) is 1.68. The van der Waals surface area contributed by atoms with Crippen LogP contribution >= 0.6 is 0 Å². The summed E-state index contributed by atoms with van der Waals surface area (Å²) in [6, 6.07) is 0.000787. The Balaban J connectivity index is 3.31. The smallest absolute Gasteiger partial charge is 0.304 e. The van der Waals surface area contributed by atoms with Crippen LogP contribution in [0.1, 0.15) is 19.8 Å². The monoisotopic (exact) mass is 155 g/mol. The lowest BCUT2D eigenvalue weighted by Crippen LogP contribution is -2.29. The first kappa shape index (κ1) is 9.99. The van der Waals surface area contributed by atoms with Crippen LogP contribution in [0.3, 0.4) is 0 Å². The maximum atomic E-state index is 10.2. The van der Waals surface area contributed by atoms with Crippen molar-refractivity contribution in [2.24, 2.45) is 0 Å². The molecule has 0 bridgehead atoms. The molecule has 0 saturated carbocycles. The summed E-state index contributed by atoms with van der Waals surface area (Å²) in [7, 11) is 0. The summed E-state index contributed by atoms with van der Waals surface area (Å²) >= 11 is 0. The fraction of sp³-hybridized carbons (Fsp3) is 0.625. The fourth-order valence-corrected chi connectivity index (χ4v) is 0.725. The zero-order valence-corrected chi connectivity index (χ0v) is 6.63. The second kappa shape index (κ2) is 5.75. The van der Waals surface area contributed by atoms with Gasteiger partial charge in [-0.05, 0) is 6.92 Å². The van der Waals surface area contributed by atoms with Gasteiger partial charge in [0, 0.05) is 19.0 Å². The van der Waals surface area contributed by atoms with Gasteiger partial charge in [0.2, 0.25) is 0 Å². The lowest BCUT2D eigenvalue weighted by molar-refractivity contribution is -0.137. The minimum atomic E-state index is -0.786. The first-order valence-electron chi connectivity index (χ1n) is 3.55. The van der Waals surface area contributed by atoms with Crippen LogP contribution in [-0.4, -0.2) is 23.7 Å². The van der Waals surface area contributed by atoms with Gasteiger partial charge in [-0.3, -0.25) is 4.79 Å². The Labute approximate surface area is 66.8 Å². The van der Waals surface area contributed by atoms with Gasteiger partial charge in [0.25, 0.3) is 0 Å². The fourth-order valence-electron chi connectivity index (χ4n) is 0.725. The number of terminal acetylenes is 1. The number of carbonyl (C=O) groups is 1. The van der Waals surface area contributed by atoms with Gasteiger partial charge in [0.05, 0.1) is 6.42 Å². The Morgan fingerprint density at radius 3 is 2.91 bits per heavy atom. The van der Waals surface area contributed by atoms with Gasteiger partial charge in [-0.25, -0.2) is 0 Å². The summed E-state index contributed by atoms with van der Waals surface area (Å²) in [5.41, 5.74) is 0. The van der Waals surface area contributed by atoms with Gasteiger partial charge in [-0.1, -0.05) is 0 Å². The first-order valence-corrected chi connectivity index (χ1v) is 3.55. The highest BCUT2D eigenvalue weighted by Crippen LogP contribution is 1.89. The highest BCUT2D eigenvalue weighted by atomic mass is 16.4. The van der Waals surface area contributed by atoms with E-state index in [0.717, 1.165) is 0 Å². The molecule has 62 valence electrons. The molecule has 0 rings (SSSR count). The van der Waals surface area contributed by atoms with Crippen molar-refractivity contribution in [1.29, 1.82) is 0 Å². The van der Waals surface area contributed by atoms with Crippen LogP contribution in [0.4, 0.5) is 0 Å². The van der Waals surface area contributed by atoms with Gasteiger partial charge in [0.15, 0.2) is 0 Å². The molecular formula is C8H13NO2. The van der Waals surface area contributed by atoms with Gasteiger partial charge < -0.3 is 10.4 Å². The summed E-state index contributed by atoms with van der Waals surface area (Å²) in [4.78, 5) is 10.2. The zero-order chi connectivity index (χ0) is 8.69. The van der Waals surface area contributed by atoms with E-state index in [2.05, 4.69) is 11.2 Å². The number of aliphatic carboxylic acids is 1. The molecule has 0 aliphatic heterocycles. The number of hydrogen-bond donors (Lipinski definition) is 2. The van der Waals surface area contributed by atoms with E-state index in [4.69, 9.17) is 11.5 Å². The third kappa shape index (κ3) is 6.88. The van der Waals surface area contributed by atoms with Gasteiger partial charge in [0.1, 0.15) is 0 Å². The van der Waals surface area contributed by atoms with E-state index in [0.29, 0.717) is 13.0 Å². The molecule has 0 aliphatic rings. The topological polar surface area (TPSA) is 49.3 Å². The molecule has 0 aromatic carbocycles. The van der Waals surface area contributed by atoms with Crippen molar-refractivity contribution in [3.05, 3.63) is 0 Å². The summed E-state index contributed by atoms with van der Waals surface area (Å²) in [5, 5.41) is 11.4. The molecule has 0 fully saturated rings. The molecule has 0 aromatic rings. The zero-order valence-electron chi connectivity index (χ0n) is 6.63. The predicted octanol–water partition coefficient (Wildman–Crippen LogP) is 0.462. The van der Waals surface area contributed by atoms with Crippen molar-refractivity contribution in [2.45, 2.75) is 25.8 Å². The largest absolute Gasteiger partial charge is 0.481 e. The van der Waals surface area contributed by atoms with Crippen LogP contribution in [0, 0.1) is 12.3 Å². The van der Waals surface area contributed by atoms with Gasteiger partial charge in [-0.2, -0.15) is 0 Å². The van der Waals surface area contributed by atoms with E-state index in [-0.39, 0.29) is 12.5 Å². The van der Waals surface area contributed by atoms with Gasteiger partial charge >= 0.3 is 5.97 Å². The molecule has 0 radical (unpaired) electrons. The SMILES string of the molecule is C#CCCNC(C)CC(=O)O. The molecule has 0 amide bonds. The van der Waals surface area contributed by atoms with E-state index >= 15 is 0 Å². The van der Waals surface area contributed by atoms with Crippen molar-refractivity contribution in [2.75, 3.05) is 6.54 Å². The quantitative estimate of drug-likeness (QED) is 0.448. The summed E-state index contributed by atoms with van der Waals surface area (Å²) in [6.45, 7) is 2.51. The average molecular weight is 155 g/mol. The Morgan fingerprint density at radius 1 is 1.82 bits per heavy atom. The molecule has 2 N–H and O–H groups in total. The third-order valence-corrected chi connectivity index (χ3v) is 1.24. The molecule has 1 atom stereocenters. The van der Waals surface area contributed by atoms with Gasteiger partial charge in [-0.15, -0.1) is 12.3 Å². The Kier molecular flexibility index (Phi) is 5.22. The van der Waals surface area contributed by atoms with Crippen molar-refractivity contribution in [1.82, 2.24) is 5.32 Å². The number of hydrogen-bond acceptors (Lipinski definition) is 2. The molecule has 0 saturated heterocycles. The minimum Gasteiger partial charge on any atom is -0.481 e. The van der Waals surface area contributed by atoms with Crippen LogP contribution in [-0.2, 0) is 4.79 Å². The van der Waals surface area contributed by atoms with E-state index < -0.39 is 5.97 Å². The third-order valence-electron chi connectivity index (χ3n) is 1.24. The average Bonchev–Trinajstić information content (AvgIpc) is 1.86. The molecule has 0 aromatic heterocycles. The number of carboxylic acids is 1. The molecule has 11 heavy (non-hydrogen) atoms. The van der Waals surface area contributed by atoms with Crippen LogP contribution in [0.5, 0.6) is 0 Å². The highest BCUT2D eigenvalue weighted by molar-refractivity contribution is 5.67. The maximum Gasteiger partial charge on any atom is 0.304 e. The Bertz CT molecular complexity index is 160. The second-order valence-corrected chi connectivity index (χ2v) is 2.41. The number of rotatable bonds is 5. The Hall–Kier alpha value is -1.01. The maximum absolute atomic E-state index is 10.2. The normalized spacial score (nSPS) is 12.0. The van der Waals surface area contributed by atoms with E-state index in [1.165, 1.54) is 0 Å². The minimum absolute atomic E-state index is 0.000787.